The molecule has 10 aromatic rings. The van der Waals surface area contributed by atoms with Crippen LogP contribution in [0, 0.1) is 0 Å². The number of fused-ring (bicyclic) bond motifs is 6. The summed E-state index contributed by atoms with van der Waals surface area (Å²) in [6.07, 6.45) is 0. The van der Waals surface area contributed by atoms with Gasteiger partial charge < -0.3 is 0 Å². The number of thiophene rings is 2. The van der Waals surface area contributed by atoms with Gasteiger partial charge in [0, 0.05) is 57.0 Å². The van der Waals surface area contributed by atoms with Crippen LogP contribution < -0.4 is 0 Å². The van der Waals surface area contributed by atoms with E-state index in [0.717, 1.165) is 16.7 Å². The van der Waals surface area contributed by atoms with Crippen LogP contribution in [0.3, 0.4) is 0 Å². The van der Waals surface area contributed by atoms with Crippen LogP contribution in [0.2, 0.25) is 0 Å². The van der Waals surface area contributed by atoms with E-state index in [9.17, 15) is 0 Å². The number of hydrogen-bond acceptors (Lipinski definition) is 5. The second-order valence-electron chi connectivity index (χ2n) is 12.4. The van der Waals surface area contributed by atoms with Gasteiger partial charge in [0.25, 0.3) is 0 Å². The van der Waals surface area contributed by atoms with Crippen LogP contribution in [-0.4, -0.2) is 15.0 Å². The average Bonchev–Trinajstić information content (AvgIpc) is 3.75. The maximum atomic E-state index is 4.95. The van der Waals surface area contributed by atoms with Gasteiger partial charge in [-0.05, 0) is 58.7 Å². The molecule has 0 bridgehead atoms. The molecule has 234 valence electrons. The van der Waals surface area contributed by atoms with Crippen molar-refractivity contribution in [3.63, 3.8) is 0 Å². The van der Waals surface area contributed by atoms with Crippen molar-refractivity contribution in [2.24, 2.45) is 0 Å². The first-order valence-corrected chi connectivity index (χ1v) is 18.2. The van der Waals surface area contributed by atoms with Gasteiger partial charge >= 0.3 is 0 Å². The van der Waals surface area contributed by atoms with Crippen LogP contribution in [0.4, 0.5) is 0 Å². The van der Waals surface area contributed by atoms with Crippen molar-refractivity contribution in [3.05, 3.63) is 164 Å². The summed E-state index contributed by atoms with van der Waals surface area (Å²) in [7, 11) is 0. The lowest BCUT2D eigenvalue weighted by Gasteiger charge is -2.08. The third-order valence-electron chi connectivity index (χ3n) is 9.36. The van der Waals surface area contributed by atoms with Gasteiger partial charge in [-0.1, -0.05) is 127 Å². The number of benzene rings is 7. The van der Waals surface area contributed by atoms with Crippen LogP contribution in [0.1, 0.15) is 0 Å². The molecule has 3 nitrogen and oxygen atoms in total. The molecule has 7 aromatic carbocycles. The first-order valence-electron chi connectivity index (χ1n) is 16.6. The van der Waals surface area contributed by atoms with E-state index in [1.807, 2.05) is 83.3 Å². The average molecular weight is 674 g/mol. The fourth-order valence-electron chi connectivity index (χ4n) is 6.79. The number of hydrogen-bond donors (Lipinski definition) is 0. The van der Waals surface area contributed by atoms with E-state index in [-0.39, 0.29) is 0 Å². The number of aromatic nitrogens is 3. The Morgan fingerprint density at radius 1 is 0.260 bits per heavy atom. The molecule has 0 unspecified atom stereocenters. The predicted octanol–water partition coefficient (Wildman–Crippen LogP) is 12.9. The summed E-state index contributed by atoms with van der Waals surface area (Å²) >= 11 is 3.67. The van der Waals surface area contributed by atoms with E-state index in [0.29, 0.717) is 17.5 Å². The highest BCUT2D eigenvalue weighted by atomic mass is 32.1. The number of rotatable bonds is 5. The Morgan fingerprint density at radius 3 is 1.26 bits per heavy atom. The molecule has 0 radical (unpaired) electrons. The van der Waals surface area contributed by atoms with Gasteiger partial charge in [-0.15, -0.1) is 22.7 Å². The highest BCUT2D eigenvalue weighted by Crippen LogP contribution is 2.40. The van der Waals surface area contributed by atoms with Gasteiger partial charge in [0.05, 0.1) is 0 Å². The molecule has 3 aromatic heterocycles. The lowest BCUT2D eigenvalue weighted by atomic mass is 9.98. The normalized spacial score (nSPS) is 11.6. The Labute approximate surface area is 296 Å². The molecular weight excluding hydrogens is 647 g/mol. The van der Waals surface area contributed by atoms with Crippen molar-refractivity contribution >= 4 is 63.0 Å². The molecule has 0 N–H and O–H groups in total. The Kier molecular flexibility index (Phi) is 6.86. The molecule has 3 heterocycles. The highest BCUT2D eigenvalue weighted by molar-refractivity contribution is 7.26. The van der Waals surface area contributed by atoms with E-state index in [1.54, 1.807) is 0 Å². The lowest BCUT2D eigenvalue weighted by Crippen LogP contribution is -1.99. The smallest absolute Gasteiger partial charge is 0.164 e. The maximum Gasteiger partial charge on any atom is 0.164 e. The molecule has 10 rings (SSSR count). The van der Waals surface area contributed by atoms with Gasteiger partial charge in [0.2, 0.25) is 0 Å². The summed E-state index contributed by atoms with van der Waals surface area (Å²) < 4.78 is 5.14. The van der Waals surface area contributed by atoms with E-state index in [1.165, 1.54) is 62.6 Å². The third kappa shape index (κ3) is 5.07. The molecule has 0 saturated carbocycles. The zero-order valence-electron chi connectivity index (χ0n) is 26.7. The van der Waals surface area contributed by atoms with Gasteiger partial charge in [-0.2, -0.15) is 0 Å². The van der Waals surface area contributed by atoms with Crippen LogP contribution in [-0.2, 0) is 0 Å². The van der Waals surface area contributed by atoms with Gasteiger partial charge in [0.15, 0.2) is 17.5 Å². The van der Waals surface area contributed by atoms with Crippen LogP contribution in [0.15, 0.2) is 164 Å². The van der Waals surface area contributed by atoms with Gasteiger partial charge in [-0.3, -0.25) is 0 Å². The highest BCUT2D eigenvalue weighted by Gasteiger charge is 2.15. The molecule has 0 atom stereocenters. The van der Waals surface area contributed by atoms with Crippen molar-refractivity contribution < 1.29 is 0 Å². The zero-order chi connectivity index (χ0) is 33.0. The van der Waals surface area contributed by atoms with E-state index >= 15 is 0 Å². The summed E-state index contributed by atoms with van der Waals surface area (Å²) in [5.74, 6) is 2.01. The van der Waals surface area contributed by atoms with Gasteiger partial charge in [0.1, 0.15) is 0 Å². The number of nitrogens with zero attached hydrogens (tertiary/aromatic N) is 3. The first-order chi connectivity index (χ1) is 24.7. The molecule has 0 aliphatic rings. The van der Waals surface area contributed by atoms with Crippen LogP contribution >= 0.6 is 22.7 Å². The molecule has 0 amide bonds. The van der Waals surface area contributed by atoms with E-state index in [4.69, 9.17) is 15.0 Å². The summed E-state index contributed by atoms with van der Waals surface area (Å²) in [5.41, 5.74) is 7.80. The monoisotopic (exact) mass is 673 g/mol. The topological polar surface area (TPSA) is 38.7 Å². The maximum absolute atomic E-state index is 4.95. The van der Waals surface area contributed by atoms with Crippen molar-refractivity contribution in [1.82, 2.24) is 15.0 Å². The molecule has 0 saturated heterocycles. The van der Waals surface area contributed by atoms with Crippen molar-refractivity contribution in [2.75, 3.05) is 0 Å². The molecule has 0 aliphatic heterocycles. The SMILES string of the molecule is c1ccc(-c2nc(-c3ccccc3)nc(-c3ccc4c(c3)sc3ccc(-c5ccc(-c6ccc7sc8ccccc8c7c6)cc5)cc34)n2)cc1. The molecule has 50 heavy (non-hydrogen) atoms. The Morgan fingerprint density at radius 2 is 0.680 bits per heavy atom. The van der Waals surface area contributed by atoms with E-state index in [2.05, 4.69) is 103 Å². The van der Waals surface area contributed by atoms with Crippen LogP contribution in [0.25, 0.3) is 96.8 Å². The quantitative estimate of drug-likeness (QED) is 0.182. The Hall–Kier alpha value is -6.01. The minimum atomic E-state index is 0.669. The first kappa shape index (κ1) is 29.0. The summed E-state index contributed by atoms with van der Waals surface area (Å²) in [6.45, 7) is 0. The van der Waals surface area contributed by atoms with Crippen LogP contribution in [0.5, 0.6) is 0 Å². The minimum absolute atomic E-state index is 0.669. The standard InChI is InChI=1S/C45H27N3S2/c1-3-9-30(10-4-1)43-46-44(31-11-5-2-6-12-31)48-45(47-43)34-19-22-36-38-26-33(21-24-41(38)50-42(36)27-34)29-17-15-28(16-18-29)32-20-23-40-37(25-32)35-13-7-8-14-39(35)49-40/h1-27H. The fourth-order valence-corrected chi connectivity index (χ4v) is 9.01. The predicted molar refractivity (Wildman–Crippen MR) is 213 cm³/mol. The fraction of sp³-hybridized carbons (Fsp3) is 0. The summed E-state index contributed by atoms with van der Waals surface area (Å²) in [4.78, 5) is 14.8. The largest absolute Gasteiger partial charge is 0.208 e. The minimum Gasteiger partial charge on any atom is -0.208 e. The zero-order valence-corrected chi connectivity index (χ0v) is 28.4. The molecule has 0 fully saturated rings. The molecular formula is C45H27N3S2. The Bertz CT molecular complexity index is 2800. The van der Waals surface area contributed by atoms with E-state index < -0.39 is 0 Å². The summed E-state index contributed by atoms with van der Waals surface area (Å²) in [6, 6.07) is 58.1. The summed E-state index contributed by atoms with van der Waals surface area (Å²) in [5, 5.41) is 5.16. The lowest BCUT2D eigenvalue weighted by molar-refractivity contribution is 1.07. The molecule has 0 aliphatic carbocycles. The molecule has 0 spiro atoms. The second kappa shape index (κ2) is 11.8. The van der Waals surface area contributed by atoms with Crippen molar-refractivity contribution in [2.45, 2.75) is 0 Å². The van der Waals surface area contributed by atoms with Crippen molar-refractivity contribution in [1.29, 1.82) is 0 Å². The van der Waals surface area contributed by atoms with Crippen molar-refractivity contribution in [3.8, 4) is 56.4 Å². The van der Waals surface area contributed by atoms with Gasteiger partial charge in [-0.25, -0.2) is 15.0 Å². The third-order valence-corrected chi connectivity index (χ3v) is 11.6. The molecule has 5 heteroatoms. The Balaban J connectivity index is 1.000. The second-order valence-corrected chi connectivity index (χ2v) is 14.6.